The molecule has 0 atom stereocenters. The number of sulfonamides is 1. The van der Waals surface area contributed by atoms with Gasteiger partial charge in [-0.05, 0) is 18.2 Å². The van der Waals surface area contributed by atoms with E-state index in [2.05, 4.69) is 10.3 Å². The average molecular weight is 409 g/mol. The predicted octanol–water partition coefficient (Wildman–Crippen LogP) is 0.465. The highest BCUT2D eigenvalue weighted by Gasteiger charge is 2.27. The summed E-state index contributed by atoms with van der Waals surface area (Å²) in [6, 6.07) is 7.80. The van der Waals surface area contributed by atoms with Gasteiger partial charge in [-0.1, -0.05) is 6.07 Å². The molecule has 2 aromatic heterocycles. The Kier molecular flexibility index (Phi) is 5.90. The van der Waals surface area contributed by atoms with Crippen molar-refractivity contribution in [1.82, 2.24) is 14.6 Å². The molecule has 1 aliphatic rings. The fourth-order valence-corrected chi connectivity index (χ4v) is 4.13. The van der Waals surface area contributed by atoms with E-state index in [1.165, 1.54) is 10.4 Å². The zero-order chi connectivity index (χ0) is 20.1. The third-order valence-electron chi connectivity index (χ3n) is 4.25. The number of anilines is 1. The molecular formula is C16H19N5O6S. The van der Waals surface area contributed by atoms with Crippen LogP contribution in [0.4, 0.5) is 11.7 Å². The molecule has 12 heteroatoms. The lowest BCUT2D eigenvalue weighted by atomic mass is 10.3. The van der Waals surface area contributed by atoms with E-state index < -0.39 is 26.7 Å². The number of nitro groups is 1. The summed E-state index contributed by atoms with van der Waals surface area (Å²) in [4.78, 5) is 28.0. The number of hydrogen-bond donors (Lipinski definition) is 1. The Hall–Kier alpha value is -2.99. The number of rotatable bonds is 7. The van der Waals surface area contributed by atoms with Gasteiger partial charge < -0.3 is 14.6 Å². The molecule has 28 heavy (non-hydrogen) atoms. The normalized spacial score (nSPS) is 15.4. The summed E-state index contributed by atoms with van der Waals surface area (Å²) in [5, 5.41) is 13.0. The van der Waals surface area contributed by atoms with Crippen molar-refractivity contribution in [1.29, 1.82) is 0 Å². The first-order chi connectivity index (χ1) is 13.4. The fourth-order valence-electron chi connectivity index (χ4n) is 2.79. The van der Waals surface area contributed by atoms with Gasteiger partial charge in [-0.3, -0.25) is 14.9 Å². The SMILES string of the molecule is O=C(NCCS(=O)(=O)N1CCN(c2ccccn2)CC1)c1ccc([N+](=O)[O-])o1. The van der Waals surface area contributed by atoms with Gasteiger partial charge in [-0.15, -0.1) is 0 Å². The molecule has 1 saturated heterocycles. The van der Waals surface area contributed by atoms with Crippen molar-refractivity contribution >= 4 is 27.6 Å². The van der Waals surface area contributed by atoms with Gasteiger partial charge >= 0.3 is 5.88 Å². The number of pyridine rings is 1. The Morgan fingerprint density at radius 1 is 1.21 bits per heavy atom. The van der Waals surface area contributed by atoms with E-state index in [1.807, 2.05) is 23.1 Å². The second-order valence-corrected chi connectivity index (χ2v) is 8.13. The first-order valence-electron chi connectivity index (χ1n) is 8.53. The Morgan fingerprint density at radius 3 is 2.57 bits per heavy atom. The summed E-state index contributed by atoms with van der Waals surface area (Å²) in [6.07, 6.45) is 1.69. The van der Waals surface area contributed by atoms with Gasteiger partial charge in [0.05, 0.1) is 11.8 Å². The molecule has 1 N–H and O–H groups in total. The molecule has 1 amide bonds. The van der Waals surface area contributed by atoms with Crippen molar-refractivity contribution in [2.24, 2.45) is 0 Å². The Labute approximate surface area is 161 Å². The largest absolute Gasteiger partial charge is 0.433 e. The Morgan fingerprint density at radius 2 is 1.96 bits per heavy atom. The van der Waals surface area contributed by atoms with Gasteiger partial charge in [-0.25, -0.2) is 13.4 Å². The molecule has 0 saturated carbocycles. The van der Waals surface area contributed by atoms with Crippen molar-refractivity contribution in [2.45, 2.75) is 0 Å². The summed E-state index contributed by atoms with van der Waals surface area (Å²) >= 11 is 0. The van der Waals surface area contributed by atoms with Crippen molar-refractivity contribution in [3.8, 4) is 0 Å². The maximum Gasteiger partial charge on any atom is 0.433 e. The van der Waals surface area contributed by atoms with Gasteiger partial charge in [0.1, 0.15) is 10.7 Å². The van der Waals surface area contributed by atoms with Crippen LogP contribution in [0.25, 0.3) is 0 Å². The number of carbonyl (C=O) groups excluding carboxylic acids is 1. The Bertz CT molecular complexity index is 937. The highest BCUT2D eigenvalue weighted by Crippen LogP contribution is 2.16. The zero-order valence-corrected chi connectivity index (χ0v) is 15.7. The van der Waals surface area contributed by atoms with Gasteiger partial charge in [0, 0.05) is 38.9 Å². The van der Waals surface area contributed by atoms with Crippen LogP contribution in [-0.4, -0.2) is 67.0 Å². The van der Waals surface area contributed by atoms with Crippen LogP contribution in [0.5, 0.6) is 0 Å². The Balaban J connectivity index is 1.47. The van der Waals surface area contributed by atoms with E-state index in [9.17, 15) is 23.3 Å². The maximum atomic E-state index is 12.5. The summed E-state index contributed by atoms with van der Waals surface area (Å²) in [5.41, 5.74) is 0. The smallest absolute Gasteiger partial charge is 0.395 e. The minimum absolute atomic E-state index is 0.129. The van der Waals surface area contributed by atoms with Gasteiger partial charge in [0.2, 0.25) is 10.0 Å². The van der Waals surface area contributed by atoms with Crippen LogP contribution in [0.3, 0.4) is 0 Å². The van der Waals surface area contributed by atoms with E-state index in [0.29, 0.717) is 26.2 Å². The number of nitrogens with one attached hydrogen (secondary N) is 1. The number of nitrogens with zero attached hydrogens (tertiary/aromatic N) is 4. The molecule has 150 valence electrons. The standard InChI is InChI=1S/C16H19N5O6S/c22-16(13-4-5-15(27-13)21(23)24)18-7-12-28(25,26)20-10-8-19(9-11-20)14-3-1-2-6-17-14/h1-6H,7-12H2,(H,18,22). The van der Waals surface area contributed by atoms with E-state index in [1.54, 1.807) is 6.20 Å². The van der Waals surface area contributed by atoms with Gasteiger partial charge in [0.25, 0.3) is 5.91 Å². The van der Waals surface area contributed by atoms with Crippen molar-refractivity contribution in [3.63, 3.8) is 0 Å². The lowest BCUT2D eigenvalue weighted by Gasteiger charge is -2.34. The van der Waals surface area contributed by atoms with E-state index in [-0.39, 0.29) is 18.1 Å². The summed E-state index contributed by atoms with van der Waals surface area (Å²) in [6.45, 7) is 1.59. The number of carbonyl (C=O) groups is 1. The van der Waals surface area contributed by atoms with Gasteiger partial charge in [-0.2, -0.15) is 4.31 Å². The van der Waals surface area contributed by atoms with Gasteiger partial charge in [0.15, 0.2) is 5.76 Å². The highest BCUT2D eigenvalue weighted by atomic mass is 32.2. The third kappa shape index (κ3) is 4.64. The number of amides is 1. The van der Waals surface area contributed by atoms with E-state index in [0.717, 1.165) is 11.9 Å². The topological polar surface area (TPSA) is 139 Å². The van der Waals surface area contributed by atoms with Crippen LogP contribution in [0.1, 0.15) is 10.6 Å². The monoisotopic (exact) mass is 409 g/mol. The molecule has 3 heterocycles. The number of piperazine rings is 1. The number of furan rings is 1. The van der Waals surface area contributed by atoms with E-state index in [4.69, 9.17) is 4.42 Å². The minimum Gasteiger partial charge on any atom is -0.395 e. The average Bonchev–Trinajstić information content (AvgIpc) is 3.19. The molecule has 0 aromatic carbocycles. The summed E-state index contributed by atoms with van der Waals surface area (Å²) in [5.74, 6) is -0.968. The second kappa shape index (κ2) is 8.35. The van der Waals surface area contributed by atoms with Crippen LogP contribution in [0.15, 0.2) is 40.9 Å². The van der Waals surface area contributed by atoms with Crippen molar-refractivity contribution < 1.29 is 22.6 Å². The molecule has 0 spiro atoms. The first kappa shape index (κ1) is 19.8. The van der Waals surface area contributed by atoms with Crippen LogP contribution in [0.2, 0.25) is 0 Å². The minimum atomic E-state index is -3.54. The quantitative estimate of drug-likeness (QED) is 0.514. The molecule has 0 radical (unpaired) electrons. The molecule has 3 rings (SSSR count). The molecule has 2 aromatic rings. The van der Waals surface area contributed by atoms with E-state index >= 15 is 0 Å². The number of aromatic nitrogens is 1. The summed E-state index contributed by atoms with van der Waals surface area (Å²) in [7, 11) is -3.54. The maximum absolute atomic E-state index is 12.5. The van der Waals surface area contributed by atoms with Crippen molar-refractivity contribution in [2.75, 3.05) is 43.4 Å². The molecule has 11 nitrogen and oxygen atoms in total. The first-order valence-corrected chi connectivity index (χ1v) is 10.1. The molecule has 1 aliphatic heterocycles. The van der Waals surface area contributed by atoms with Crippen LogP contribution < -0.4 is 10.2 Å². The van der Waals surface area contributed by atoms with Crippen molar-refractivity contribution in [3.05, 3.63) is 52.4 Å². The number of hydrogen-bond acceptors (Lipinski definition) is 8. The van der Waals surface area contributed by atoms with Crippen LogP contribution >= 0.6 is 0 Å². The lowest BCUT2D eigenvalue weighted by molar-refractivity contribution is -0.402. The fraction of sp³-hybridized carbons (Fsp3) is 0.375. The second-order valence-electron chi connectivity index (χ2n) is 6.04. The van der Waals surface area contributed by atoms with Crippen LogP contribution in [0, 0.1) is 10.1 Å². The predicted molar refractivity (Wildman–Crippen MR) is 99.5 cm³/mol. The molecule has 0 unspecified atom stereocenters. The lowest BCUT2D eigenvalue weighted by Crippen LogP contribution is -2.50. The summed E-state index contributed by atoms with van der Waals surface area (Å²) < 4.78 is 31.1. The molecular weight excluding hydrogens is 390 g/mol. The molecule has 0 bridgehead atoms. The molecule has 1 fully saturated rings. The van der Waals surface area contributed by atoms with Crippen LogP contribution in [-0.2, 0) is 10.0 Å². The molecule has 0 aliphatic carbocycles. The third-order valence-corrected chi connectivity index (χ3v) is 6.12. The highest BCUT2D eigenvalue weighted by molar-refractivity contribution is 7.89. The zero-order valence-electron chi connectivity index (χ0n) is 14.9.